The number of benzene rings is 8. The maximum Gasteiger partial charge on any atom is 0.0803 e. The van der Waals surface area contributed by atoms with Crippen molar-refractivity contribution in [3.05, 3.63) is 194 Å². The van der Waals surface area contributed by atoms with Gasteiger partial charge in [0.2, 0.25) is 0 Å². The summed E-state index contributed by atoms with van der Waals surface area (Å²) < 4.78 is 0. The van der Waals surface area contributed by atoms with E-state index in [1.807, 2.05) is 24.4 Å². The van der Waals surface area contributed by atoms with Crippen LogP contribution in [-0.2, 0) is 0 Å². The topological polar surface area (TPSA) is 25.8 Å². The summed E-state index contributed by atoms with van der Waals surface area (Å²) in [5.74, 6) is 0. The van der Waals surface area contributed by atoms with E-state index in [2.05, 4.69) is 170 Å². The van der Waals surface area contributed by atoms with Gasteiger partial charge in [-0.2, -0.15) is 0 Å². The third kappa shape index (κ3) is 5.21. The van der Waals surface area contributed by atoms with Gasteiger partial charge in [-0.15, -0.1) is 0 Å². The van der Waals surface area contributed by atoms with Gasteiger partial charge in [-0.3, -0.25) is 4.98 Å². The van der Waals surface area contributed by atoms with E-state index in [0.29, 0.717) is 0 Å². The molecule has 0 aliphatic carbocycles. The number of aromatic nitrogens is 2. The van der Waals surface area contributed by atoms with Gasteiger partial charge in [-0.05, 0) is 96.4 Å². The van der Waals surface area contributed by atoms with Gasteiger partial charge in [-0.1, -0.05) is 152 Å². The first-order valence-electron chi connectivity index (χ1n) is 17.7. The zero-order chi connectivity index (χ0) is 34.4. The molecule has 10 rings (SSSR count). The Bertz CT molecular complexity index is 2910. The average Bonchev–Trinajstić information content (AvgIpc) is 3.23. The molecule has 52 heavy (non-hydrogen) atoms. The van der Waals surface area contributed by atoms with Crippen LogP contribution in [0.15, 0.2) is 194 Å². The molecular weight excluding hydrogens is 629 g/mol. The van der Waals surface area contributed by atoms with Gasteiger partial charge >= 0.3 is 0 Å². The second kappa shape index (κ2) is 12.5. The number of nitrogens with zero attached hydrogens (tertiary/aromatic N) is 2. The predicted molar refractivity (Wildman–Crippen MR) is 219 cm³/mol. The Hall–Kier alpha value is -6.90. The van der Waals surface area contributed by atoms with E-state index in [1.54, 1.807) is 0 Å². The number of hydrogen-bond acceptors (Lipinski definition) is 2. The Morgan fingerprint density at radius 2 is 0.769 bits per heavy atom. The van der Waals surface area contributed by atoms with Gasteiger partial charge in [0.15, 0.2) is 0 Å². The minimum atomic E-state index is 0.934. The Morgan fingerprint density at radius 3 is 1.42 bits per heavy atom. The highest BCUT2D eigenvalue weighted by Crippen LogP contribution is 2.38. The maximum absolute atomic E-state index is 5.28. The molecule has 10 aromatic rings. The first-order valence-corrected chi connectivity index (χ1v) is 17.7. The lowest BCUT2D eigenvalue weighted by atomic mass is 9.91. The fraction of sp³-hybridized carbons (Fsp3) is 0. The van der Waals surface area contributed by atoms with Gasteiger partial charge in [0.05, 0.1) is 17.1 Å². The molecule has 2 aromatic heterocycles. The molecule has 0 N–H and O–H groups in total. The van der Waals surface area contributed by atoms with Crippen LogP contribution < -0.4 is 0 Å². The van der Waals surface area contributed by atoms with E-state index in [4.69, 9.17) is 9.97 Å². The van der Waals surface area contributed by atoms with Crippen molar-refractivity contribution < 1.29 is 0 Å². The van der Waals surface area contributed by atoms with E-state index >= 15 is 0 Å². The summed E-state index contributed by atoms with van der Waals surface area (Å²) in [4.78, 5) is 10.1. The Kier molecular flexibility index (Phi) is 7.18. The molecule has 0 radical (unpaired) electrons. The molecule has 8 aromatic carbocycles. The summed E-state index contributed by atoms with van der Waals surface area (Å²) >= 11 is 0. The van der Waals surface area contributed by atoms with Crippen molar-refractivity contribution in [3.8, 4) is 56.0 Å². The molecule has 0 amide bonds. The molecule has 2 heterocycles. The summed E-state index contributed by atoms with van der Waals surface area (Å²) in [5.41, 5.74) is 10.7. The molecule has 0 atom stereocenters. The second-order valence-corrected chi connectivity index (χ2v) is 13.4. The molecule has 242 valence electrons. The SMILES string of the molecule is c1ccc(-c2ccc(-c3nc(-c4cccc(-c5cccc(-c6ccc7c8ccccc8c8ccccc8c7c6)c5)c4)cc4ccccc34)cn2)cc1. The Balaban J connectivity index is 1.04. The zero-order valence-corrected chi connectivity index (χ0v) is 28.4. The third-order valence-electron chi connectivity index (χ3n) is 10.3. The van der Waals surface area contributed by atoms with Crippen molar-refractivity contribution >= 4 is 43.1 Å². The lowest BCUT2D eigenvalue weighted by Gasteiger charge is -2.13. The summed E-state index contributed by atoms with van der Waals surface area (Å²) in [7, 11) is 0. The van der Waals surface area contributed by atoms with Crippen LogP contribution in [0.25, 0.3) is 99.1 Å². The molecule has 0 aliphatic heterocycles. The minimum Gasteiger partial charge on any atom is -0.256 e. The molecule has 0 fully saturated rings. The highest BCUT2D eigenvalue weighted by atomic mass is 14.7. The average molecular weight is 661 g/mol. The van der Waals surface area contributed by atoms with Crippen LogP contribution in [0, 0.1) is 0 Å². The molecule has 0 spiro atoms. The summed E-state index contributed by atoms with van der Waals surface area (Å²) in [5, 5.41) is 9.99. The summed E-state index contributed by atoms with van der Waals surface area (Å²) in [6.45, 7) is 0. The molecule has 2 heteroatoms. The quantitative estimate of drug-likeness (QED) is 0.172. The number of pyridine rings is 2. The van der Waals surface area contributed by atoms with Crippen molar-refractivity contribution in [2.24, 2.45) is 0 Å². The van der Waals surface area contributed by atoms with Gasteiger partial charge in [0, 0.05) is 28.3 Å². The summed E-state index contributed by atoms with van der Waals surface area (Å²) in [6.07, 6.45) is 1.95. The van der Waals surface area contributed by atoms with Crippen LogP contribution in [0.5, 0.6) is 0 Å². The van der Waals surface area contributed by atoms with Crippen LogP contribution >= 0.6 is 0 Å². The van der Waals surface area contributed by atoms with E-state index in [-0.39, 0.29) is 0 Å². The van der Waals surface area contributed by atoms with E-state index < -0.39 is 0 Å². The number of hydrogen-bond donors (Lipinski definition) is 0. The fourth-order valence-corrected chi connectivity index (χ4v) is 7.70. The molecule has 2 nitrogen and oxygen atoms in total. The lowest BCUT2D eigenvalue weighted by molar-refractivity contribution is 1.29. The van der Waals surface area contributed by atoms with Crippen LogP contribution in [0.4, 0.5) is 0 Å². The monoisotopic (exact) mass is 660 g/mol. The third-order valence-corrected chi connectivity index (χ3v) is 10.3. The number of fused-ring (bicyclic) bond motifs is 7. The largest absolute Gasteiger partial charge is 0.256 e. The van der Waals surface area contributed by atoms with Crippen LogP contribution in [0.3, 0.4) is 0 Å². The lowest BCUT2D eigenvalue weighted by Crippen LogP contribution is -1.93. The van der Waals surface area contributed by atoms with Crippen molar-refractivity contribution in [3.63, 3.8) is 0 Å². The van der Waals surface area contributed by atoms with E-state index in [0.717, 1.165) is 50.1 Å². The van der Waals surface area contributed by atoms with Gasteiger partial charge in [0.1, 0.15) is 0 Å². The summed E-state index contributed by atoms with van der Waals surface area (Å²) in [6, 6.07) is 67.2. The van der Waals surface area contributed by atoms with Gasteiger partial charge in [-0.25, -0.2) is 4.98 Å². The van der Waals surface area contributed by atoms with Crippen molar-refractivity contribution in [2.45, 2.75) is 0 Å². The highest BCUT2D eigenvalue weighted by molar-refractivity contribution is 6.25. The van der Waals surface area contributed by atoms with Gasteiger partial charge in [0.25, 0.3) is 0 Å². The van der Waals surface area contributed by atoms with Crippen LogP contribution in [-0.4, -0.2) is 9.97 Å². The van der Waals surface area contributed by atoms with E-state index in [9.17, 15) is 0 Å². The first kappa shape index (κ1) is 30.0. The molecular formula is C50H32N2. The Morgan fingerprint density at radius 1 is 0.269 bits per heavy atom. The molecule has 0 saturated carbocycles. The highest BCUT2D eigenvalue weighted by Gasteiger charge is 2.13. The van der Waals surface area contributed by atoms with Crippen LogP contribution in [0.1, 0.15) is 0 Å². The second-order valence-electron chi connectivity index (χ2n) is 13.4. The van der Waals surface area contributed by atoms with Gasteiger partial charge < -0.3 is 0 Å². The predicted octanol–water partition coefficient (Wildman–Crippen LogP) is 13.4. The standard InChI is InChI=1S/C50H32N2/c1-2-12-33(13-3-1)48-27-25-40(32-51-48)50-41-19-5-4-14-38(41)31-49(52-50)39-18-11-17-36(29-39)34-15-10-16-35(28-34)37-24-26-46-44-22-7-6-20-42(44)43-21-8-9-23-45(43)47(46)30-37/h1-32H. The van der Waals surface area contributed by atoms with Crippen LogP contribution in [0.2, 0.25) is 0 Å². The maximum atomic E-state index is 5.28. The molecule has 0 aliphatic rings. The Labute approximate surface area is 302 Å². The minimum absolute atomic E-state index is 0.934. The fourth-order valence-electron chi connectivity index (χ4n) is 7.70. The molecule has 0 unspecified atom stereocenters. The normalized spacial score (nSPS) is 11.5. The smallest absolute Gasteiger partial charge is 0.0803 e. The van der Waals surface area contributed by atoms with Crippen molar-refractivity contribution in [1.29, 1.82) is 0 Å². The first-order chi connectivity index (χ1) is 25.8. The zero-order valence-electron chi connectivity index (χ0n) is 28.4. The number of rotatable bonds is 5. The molecule has 0 bridgehead atoms. The van der Waals surface area contributed by atoms with Crippen molar-refractivity contribution in [1.82, 2.24) is 9.97 Å². The molecule has 0 saturated heterocycles. The van der Waals surface area contributed by atoms with Crippen molar-refractivity contribution in [2.75, 3.05) is 0 Å². The van der Waals surface area contributed by atoms with E-state index in [1.165, 1.54) is 49.0 Å².